The van der Waals surface area contributed by atoms with Crippen molar-refractivity contribution in [1.29, 1.82) is 0 Å². The fourth-order valence-electron chi connectivity index (χ4n) is 3.45. The zero-order chi connectivity index (χ0) is 21.2. The van der Waals surface area contributed by atoms with Crippen LogP contribution in [0.25, 0.3) is 0 Å². The monoisotopic (exact) mass is 421 g/mol. The van der Waals surface area contributed by atoms with E-state index < -0.39 is 20.6 Å². The van der Waals surface area contributed by atoms with Crippen LogP contribution in [0.15, 0.2) is 35.5 Å². The minimum Gasteiger partial charge on any atom is -0.323 e. The highest BCUT2D eigenvalue weighted by molar-refractivity contribution is 7.89. The first-order chi connectivity index (χ1) is 13.7. The summed E-state index contributed by atoms with van der Waals surface area (Å²) in [5.74, 6) is -0.516. The Morgan fingerprint density at radius 3 is 2.62 bits per heavy atom. The van der Waals surface area contributed by atoms with Gasteiger partial charge in [0.1, 0.15) is 0 Å². The molecule has 1 aromatic carbocycles. The van der Waals surface area contributed by atoms with Gasteiger partial charge in [0, 0.05) is 37.8 Å². The van der Waals surface area contributed by atoms with E-state index in [2.05, 4.69) is 10.4 Å². The number of sulfonamides is 1. The van der Waals surface area contributed by atoms with Gasteiger partial charge in [-0.15, -0.1) is 0 Å². The molecule has 1 aromatic heterocycles. The van der Waals surface area contributed by atoms with Gasteiger partial charge in [-0.25, -0.2) is 8.42 Å². The maximum Gasteiger partial charge on any atom is 0.289 e. The third kappa shape index (κ3) is 4.30. The van der Waals surface area contributed by atoms with Crippen molar-refractivity contribution in [3.05, 3.63) is 46.3 Å². The highest BCUT2D eigenvalue weighted by Crippen LogP contribution is 2.32. The van der Waals surface area contributed by atoms with Crippen molar-refractivity contribution < 1.29 is 18.1 Å². The van der Waals surface area contributed by atoms with Crippen LogP contribution in [-0.2, 0) is 21.4 Å². The standard InChI is InChI=1S/C18H23N5O5S/c1-3-21-12-15(11-19-21)20-18(24)14-7-9-22(10-8-14)29(27,28)17-13(2)5-4-6-16(17)23(25)26/h4-6,11-12,14H,3,7-10H2,1-2H3,(H,20,24). The maximum atomic E-state index is 13.0. The second kappa shape index (κ2) is 8.29. The smallest absolute Gasteiger partial charge is 0.289 e. The molecule has 11 heteroatoms. The number of piperidine rings is 1. The lowest BCUT2D eigenvalue weighted by molar-refractivity contribution is -0.387. The van der Waals surface area contributed by atoms with E-state index in [0.29, 0.717) is 30.6 Å². The van der Waals surface area contributed by atoms with E-state index in [0.717, 1.165) is 0 Å². The van der Waals surface area contributed by atoms with Crippen molar-refractivity contribution in [2.75, 3.05) is 18.4 Å². The van der Waals surface area contributed by atoms with Gasteiger partial charge >= 0.3 is 0 Å². The van der Waals surface area contributed by atoms with Crippen molar-refractivity contribution in [1.82, 2.24) is 14.1 Å². The molecular weight excluding hydrogens is 398 g/mol. The number of rotatable bonds is 6. The number of aryl methyl sites for hydroxylation is 2. The van der Waals surface area contributed by atoms with Gasteiger partial charge in [-0.3, -0.25) is 19.6 Å². The molecule has 1 aliphatic heterocycles. The van der Waals surface area contributed by atoms with Crippen molar-refractivity contribution in [2.45, 2.75) is 38.1 Å². The number of nitro benzene ring substituents is 1. The molecule has 0 radical (unpaired) electrons. The van der Waals surface area contributed by atoms with E-state index in [-0.39, 0.29) is 29.8 Å². The molecule has 1 N–H and O–H groups in total. The highest BCUT2D eigenvalue weighted by atomic mass is 32.2. The number of anilines is 1. The highest BCUT2D eigenvalue weighted by Gasteiger charge is 2.36. The predicted molar refractivity (Wildman–Crippen MR) is 106 cm³/mol. The summed E-state index contributed by atoms with van der Waals surface area (Å²) < 4.78 is 29.0. The van der Waals surface area contributed by atoms with Crippen LogP contribution >= 0.6 is 0 Å². The van der Waals surface area contributed by atoms with Crippen LogP contribution in [-0.4, -0.2) is 46.4 Å². The molecule has 29 heavy (non-hydrogen) atoms. The van der Waals surface area contributed by atoms with Crippen LogP contribution in [0.3, 0.4) is 0 Å². The van der Waals surface area contributed by atoms with Gasteiger partial charge in [0.2, 0.25) is 15.9 Å². The van der Waals surface area contributed by atoms with Gasteiger partial charge in [-0.2, -0.15) is 9.40 Å². The third-order valence-corrected chi connectivity index (χ3v) is 7.13. The number of hydrogen-bond donors (Lipinski definition) is 1. The zero-order valence-corrected chi connectivity index (χ0v) is 17.1. The number of nitro groups is 1. The van der Waals surface area contributed by atoms with E-state index in [1.54, 1.807) is 17.1 Å². The van der Waals surface area contributed by atoms with Gasteiger partial charge in [0.15, 0.2) is 4.90 Å². The quantitative estimate of drug-likeness (QED) is 0.562. The summed E-state index contributed by atoms with van der Waals surface area (Å²) in [7, 11) is -4.03. The van der Waals surface area contributed by atoms with E-state index >= 15 is 0 Å². The minimum absolute atomic E-state index is 0.125. The van der Waals surface area contributed by atoms with E-state index in [1.807, 2.05) is 6.92 Å². The number of nitrogens with one attached hydrogen (secondary N) is 1. The van der Waals surface area contributed by atoms with E-state index in [1.165, 1.54) is 29.4 Å². The number of nitrogens with zero attached hydrogens (tertiary/aromatic N) is 4. The Balaban J connectivity index is 1.70. The number of aromatic nitrogens is 2. The lowest BCUT2D eigenvalue weighted by Crippen LogP contribution is -2.41. The average Bonchev–Trinajstić information content (AvgIpc) is 3.15. The van der Waals surface area contributed by atoms with Crippen LogP contribution < -0.4 is 5.32 Å². The second-order valence-electron chi connectivity index (χ2n) is 6.93. The lowest BCUT2D eigenvalue weighted by Gasteiger charge is -2.30. The van der Waals surface area contributed by atoms with E-state index in [4.69, 9.17) is 0 Å². The summed E-state index contributed by atoms with van der Waals surface area (Å²) in [6.07, 6.45) is 3.98. The maximum absolute atomic E-state index is 13.0. The van der Waals surface area contributed by atoms with Gasteiger partial charge in [-0.1, -0.05) is 12.1 Å². The van der Waals surface area contributed by atoms with Crippen molar-refractivity contribution in [3.63, 3.8) is 0 Å². The second-order valence-corrected chi connectivity index (χ2v) is 8.81. The molecule has 2 heterocycles. The number of hydrogen-bond acceptors (Lipinski definition) is 6. The molecule has 1 fully saturated rings. The Labute approximate surface area is 168 Å². The molecule has 0 spiro atoms. The summed E-state index contributed by atoms with van der Waals surface area (Å²) in [5, 5.41) is 18.2. The average molecular weight is 421 g/mol. The predicted octanol–water partition coefficient (Wildman–Crippen LogP) is 2.16. The Morgan fingerprint density at radius 2 is 2.03 bits per heavy atom. The van der Waals surface area contributed by atoms with Crippen LogP contribution in [0.4, 0.5) is 11.4 Å². The van der Waals surface area contributed by atoms with Gasteiger partial charge < -0.3 is 5.32 Å². The van der Waals surface area contributed by atoms with Crippen LogP contribution in [0.1, 0.15) is 25.3 Å². The number of carbonyl (C=O) groups excluding carboxylic acids is 1. The molecule has 156 valence electrons. The number of benzene rings is 1. The Hall–Kier alpha value is -2.79. The molecule has 1 saturated heterocycles. The molecule has 0 bridgehead atoms. The Bertz CT molecular complexity index is 1030. The minimum atomic E-state index is -4.03. The molecule has 0 unspecified atom stereocenters. The lowest BCUT2D eigenvalue weighted by atomic mass is 9.97. The van der Waals surface area contributed by atoms with Crippen LogP contribution in [0.5, 0.6) is 0 Å². The normalized spacial score (nSPS) is 15.9. The molecule has 1 amide bonds. The largest absolute Gasteiger partial charge is 0.323 e. The van der Waals surface area contributed by atoms with Crippen LogP contribution in [0.2, 0.25) is 0 Å². The Kier molecular flexibility index (Phi) is 5.99. The zero-order valence-electron chi connectivity index (χ0n) is 16.2. The molecule has 0 saturated carbocycles. The fraction of sp³-hybridized carbons (Fsp3) is 0.444. The van der Waals surface area contributed by atoms with Crippen LogP contribution in [0, 0.1) is 23.0 Å². The summed E-state index contributed by atoms with van der Waals surface area (Å²) in [6.45, 7) is 4.42. The third-order valence-electron chi connectivity index (χ3n) is 5.04. The summed E-state index contributed by atoms with van der Waals surface area (Å²) in [5.41, 5.74) is 0.493. The number of amides is 1. The van der Waals surface area contributed by atoms with Gasteiger partial charge in [0.25, 0.3) is 5.69 Å². The first-order valence-electron chi connectivity index (χ1n) is 9.31. The van der Waals surface area contributed by atoms with Gasteiger partial charge in [0.05, 0.1) is 16.8 Å². The summed E-state index contributed by atoms with van der Waals surface area (Å²) >= 11 is 0. The van der Waals surface area contributed by atoms with Crippen molar-refractivity contribution in [3.8, 4) is 0 Å². The molecular formula is C18H23N5O5S. The molecule has 0 atom stereocenters. The van der Waals surface area contributed by atoms with Crippen molar-refractivity contribution >= 4 is 27.3 Å². The van der Waals surface area contributed by atoms with Crippen molar-refractivity contribution in [2.24, 2.45) is 5.92 Å². The molecule has 2 aromatic rings. The Morgan fingerprint density at radius 1 is 1.34 bits per heavy atom. The SMILES string of the molecule is CCn1cc(NC(=O)C2CCN(S(=O)(=O)c3c(C)cccc3[N+](=O)[O-])CC2)cn1. The summed E-state index contributed by atoms with van der Waals surface area (Å²) in [4.78, 5) is 22.8. The summed E-state index contributed by atoms with van der Waals surface area (Å²) in [6, 6.07) is 4.19. The topological polar surface area (TPSA) is 127 Å². The first-order valence-corrected chi connectivity index (χ1v) is 10.8. The molecule has 0 aliphatic carbocycles. The molecule has 3 rings (SSSR count). The van der Waals surface area contributed by atoms with E-state index in [9.17, 15) is 23.3 Å². The van der Waals surface area contributed by atoms with Gasteiger partial charge in [-0.05, 0) is 32.3 Å². The molecule has 1 aliphatic rings. The fourth-order valence-corrected chi connectivity index (χ4v) is 5.28. The first kappa shape index (κ1) is 20.9. The number of carbonyl (C=O) groups is 1. The molecule has 10 nitrogen and oxygen atoms in total.